The van der Waals surface area contributed by atoms with Crippen LogP contribution in [0.4, 0.5) is 0 Å². The number of hydrogen-bond acceptors (Lipinski definition) is 5. The summed E-state index contributed by atoms with van der Waals surface area (Å²) in [4.78, 5) is 6.84. The van der Waals surface area contributed by atoms with Crippen molar-refractivity contribution in [2.24, 2.45) is 11.7 Å². The van der Waals surface area contributed by atoms with Crippen LogP contribution in [0.2, 0.25) is 5.02 Å². The Morgan fingerprint density at radius 2 is 2.26 bits per heavy atom. The predicted molar refractivity (Wildman–Crippen MR) is 93.6 cm³/mol. The Balaban J connectivity index is 0.00000192. The largest absolute Gasteiger partial charge is 0.338 e. The van der Waals surface area contributed by atoms with E-state index in [2.05, 4.69) is 22.0 Å². The molecule has 2 N–H and O–H groups in total. The number of benzene rings is 1. The molecule has 2 aromatic rings. The summed E-state index contributed by atoms with van der Waals surface area (Å²) < 4.78 is 5.40. The van der Waals surface area contributed by atoms with E-state index in [9.17, 15) is 0 Å². The summed E-state index contributed by atoms with van der Waals surface area (Å²) in [5.41, 5.74) is 6.79. The molecule has 0 spiro atoms. The second kappa shape index (κ2) is 8.11. The van der Waals surface area contributed by atoms with Gasteiger partial charge in [-0.25, -0.2) is 0 Å². The van der Waals surface area contributed by atoms with Gasteiger partial charge in [0.25, 0.3) is 0 Å². The summed E-state index contributed by atoms with van der Waals surface area (Å²) in [6, 6.07) is 7.85. The molecule has 1 aromatic carbocycles. The zero-order chi connectivity index (χ0) is 15.5. The van der Waals surface area contributed by atoms with Gasteiger partial charge in [-0.1, -0.05) is 35.8 Å². The molecule has 3 rings (SSSR count). The van der Waals surface area contributed by atoms with Crippen LogP contribution in [-0.4, -0.2) is 34.2 Å². The molecule has 1 aromatic heterocycles. The zero-order valence-electron chi connectivity index (χ0n) is 13.1. The van der Waals surface area contributed by atoms with E-state index in [1.165, 1.54) is 12.8 Å². The molecule has 1 saturated heterocycles. The normalized spacial score (nSPS) is 21.9. The molecule has 0 aliphatic carbocycles. The van der Waals surface area contributed by atoms with Gasteiger partial charge in [0, 0.05) is 23.2 Å². The second-order valence-corrected chi connectivity index (χ2v) is 6.35. The highest BCUT2D eigenvalue weighted by Gasteiger charge is 2.28. The number of rotatable bonds is 4. The first-order valence-electron chi connectivity index (χ1n) is 7.70. The number of nitrogens with two attached hydrogens (primary N) is 1. The third-order valence-corrected chi connectivity index (χ3v) is 4.60. The van der Waals surface area contributed by atoms with E-state index in [0.717, 1.165) is 12.1 Å². The maximum absolute atomic E-state index is 6.00. The van der Waals surface area contributed by atoms with E-state index in [1.807, 2.05) is 24.3 Å². The number of nitrogens with zero attached hydrogens (tertiary/aromatic N) is 3. The lowest BCUT2D eigenvalue weighted by Crippen LogP contribution is -2.48. The first-order valence-corrected chi connectivity index (χ1v) is 8.08. The molecule has 1 aliphatic rings. The van der Waals surface area contributed by atoms with Gasteiger partial charge in [0.1, 0.15) is 0 Å². The Morgan fingerprint density at radius 3 is 3.00 bits per heavy atom. The van der Waals surface area contributed by atoms with Gasteiger partial charge in [0.05, 0.1) is 6.54 Å². The van der Waals surface area contributed by atoms with E-state index in [-0.39, 0.29) is 12.4 Å². The molecule has 5 nitrogen and oxygen atoms in total. The van der Waals surface area contributed by atoms with Crippen LogP contribution < -0.4 is 5.73 Å². The first-order chi connectivity index (χ1) is 10.7. The van der Waals surface area contributed by atoms with E-state index < -0.39 is 0 Å². The van der Waals surface area contributed by atoms with Crippen LogP contribution in [0.25, 0.3) is 11.4 Å². The Bertz CT molecular complexity index is 634. The molecular weight excluding hydrogens is 335 g/mol. The van der Waals surface area contributed by atoms with Crippen LogP contribution in [0, 0.1) is 5.92 Å². The Labute approximate surface area is 147 Å². The topological polar surface area (TPSA) is 68.2 Å². The number of likely N-dealkylation sites (tertiary alicyclic amines) is 1. The van der Waals surface area contributed by atoms with Crippen LogP contribution in [0.1, 0.15) is 25.7 Å². The van der Waals surface area contributed by atoms with Gasteiger partial charge in [0.2, 0.25) is 11.7 Å². The van der Waals surface area contributed by atoms with Gasteiger partial charge >= 0.3 is 0 Å². The predicted octanol–water partition coefficient (Wildman–Crippen LogP) is 3.37. The fourth-order valence-corrected chi connectivity index (χ4v) is 3.34. The quantitative estimate of drug-likeness (QED) is 0.909. The summed E-state index contributed by atoms with van der Waals surface area (Å²) in [6.07, 6.45) is 2.42. The van der Waals surface area contributed by atoms with Crippen molar-refractivity contribution in [3.05, 3.63) is 35.2 Å². The number of aromatic nitrogens is 2. The van der Waals surface area contributed by atoms with Crippen molar-refractivity contribution in [3.8, 4) is 11.4 Å². The van der Waals surface area contributed by atoms with Gasteiger partial charge in [0.15, 0.2) is 0 Å². The number of piperidine rings is 1. The van der Waals surface area contributed by atoms with Gasteiger partial charge in [-0.15, -0.1) is 12.4 Å². The summed E-state index contributed by atoms with van der Waals surface area (Å²) in [6.45, 7) is 4.60. The monoisotopic (exact) mass is 356 g/mol. The average molecular weight is 357 g/mol. The van der Waals surface area contributed by atoms with Crippen molar-refractivity contribution in [1.29, 1.82) is 0 Å². The Hall–Kier alpha value is -1.14. The molecule has 2 unspecified atom stereocenters. The maximum Gasteiger partial charge on any atom is 0.241 e. The first kappa shape index (κ1) is 18.2. The summed E-state index contributed by atoms with van der Waals surface area (Å²) in [5.74, 6) is 1.81. The fourth-order valence-electron chi connectivity index (χ4n) is 3.15. The standard InChI is InChI=1S/C16H21ClN4O.ClH/c1-11-4-3-7-21(14(11)9-18)10-15-19-16(20-22-15)12-5-2-6-13(17)8-12;/h2,5-6,8,11,14H,3-4,7,9-10,18H2,1H3;1H. The SMILES string of the molecule is CC1CCCN(Cc2nc(-c3cccc(Cl)c3)no2)C1CN.Cl. The molecule has 0 bridgehead atoms. The molecule has 1 aliphatic heterocycles. The molecular formula is C16H22Cl2N4O. The van der Waals surface area contributed by atoms with Crippen LogP contribution in [0.5, 0.6) is 0 Å². The van der Waals surface area contributed by atoms with Gasteiger partial charge in [-0.05, 0) is 37.4 Å². The molecule has 2 atom stereocenters. The minimum Gasteiger partial charge on any atom is -0.338 e. The zero-order valence-corrected chi connectivity index (χ0v) is 14.7. The van der Waals surface area contributed by atoms with Gasteiger partial charge in [-0.2, -0.15) is 4.98 Å². The average Bonchev–Trinajstić information content (AvgIpc) is 2.96. The van der Waals surface area contributed by atoms with Crippen LogP contribution in [0.15, 0.2) is 28.8 Å². The summed E-state index contributed by atoms with van der Waals surface area (Å²) >= 11 is 6.00. The van der Waals surface area contributed by atoms with E-state index >= 15 is 0 Å². The van der Waals surface area contributed by atoms with Crippen molar-refractivity contribution in [2.45, 2.75) is 32.4 Å². The number of hydrogen-bond donors (Lipinski definition) is 1. The lowest BCUT2D eigenvalue weighted by atomic mass is 9.91. The Morgan fingerprint density at radius 1 is 1.43 bits per heavy atom. The summed E-state index contributed by atoms with van der Waals surface area (Å²) in [5, 5.41) is 4.72. The van der Waals surface area contributed by atoms with E-state index in [0.29, 0.717) is 41.8 Å². The fraction of sp³-hybridized carbons (Fsp3) is 0.500. The lowest BCUT2D eigenvalue weighted by molar-refractivity contribution is 0.0874. The van der Waals surface area contributed by atoms with Crippen molar-refractivity contribution in [3.63, 3.8) is 0 Å². The highest BCUT2D eigenvalue weighted by Crippen LogP contribution is 2.25. The van der Waals surface area contributed by atoms with E-state index in [4.69, 9.17) is 21.9 Å². The molecule has 0 radical (unpaired) electrons. The molecule has 0 saturated carbocycles. The minimum atomic E-state index is 0. The van der Waals surface area contributed by atoms with E-state index in [1.54, 1.807) is 0 Å². The third kappa shape index (κ3) is 4.23. The van der Waals surface area contributed by atoms with Crippen molar-refractivity contribution < 1.29 is 4.52 Å². The third-order valence-electron chi connectivity index (χ3n) is 4.36. The van der Waals surface area contributed by atoms with Gasteiger partial charge in [-0.3, -0.25) is 4.90 Å². The van der Waals surface area contributed by atoms with Crippen LogP contribution in [0.3, 0.4) is 0 Å². The molecule has 7 heteroatoms. The Kier molecular flexibility index (Phi) is 6.41. The number of halogens is 2. The van der Waals surface area contributed by atoms with Crippen LogP contribution in [-0.2, 0) is 6.54 Å². The lowest BCUT2D eigenvalue weighted by Gasteiger charge is -2.38. The highest BCUT2D eigenvalue weighted by atomic mass is 35.5. The highest BCUT2D eigenvalue weighted by molar-refractivity contribution is 6.30. The molecule has 1 fully saturated rings. The maximum atomic E-state index is 6.00. The van der Waals surface area contributed by atoms with Crippen molar-refractivity contribution in [2.75, 3.05) is 13.1 Å². The minimum absolute atomic E-state index is 0. The van der Waals surface area contributed by atoms with Crippen LogP contribution >= 0.6 is 24.0 Å². The molecule has 126 valence electrons. The van der Waals surface area contributed by atoms with Crippen molar-refractivity contribution >= 4 is 24.0 Å². The molecule has 0 amide bonds. The smallest absolute Gasteiger partial charge is 0.241 e. The van der Waals surface area contributed by atoms with Crippen molar-refractivity contribution in [1.82, 2.24) is 15.0 Å². The second-order valence-electron chi connectivity index (χ2n) is 5.92. The summed E-state index contributed by atoms with van der Waals surface area (Å²) in [7, 11) is 0. The molecule has 23 heavy (non-hydrogen) atoms. The molecule has 2 heterocycles. The van der Waals surface area contributed by atoms with Gasteiger partial charge < -0.3 is 10.3 Å².